The molecule has 21 heavy (non-hydrogen) atoms. The minimum atomic E-state index is -1.47. The molecule has 0 aromatic rings. The van der Waals surface area contributed by atoms with Gasteiger partial charge in [-0.15, -0.1) is 11.6 Å². The Kier molecular flexibility index (Phi) is 3.51. The van der Waals surface area contributed by atoms with Crippen molar-refractivity contribution < 1.29 is 19.1 Å². The maximum Gasteiger partial charge on any atom is 0.344 e. The maximum atomic E-state index is 12.9. The molecule has 2 aliphatic heterocycles. The summed E-state index contributed by atoms with van der Waals surface area (Å²) in [6.07, 6.45) is 5.10. The molecule has 1 aliphatic carbocycles. The lowest BCUT2D eigenvalue weighted by Crippen LogP contribution is -2.78. The molecule has 3 fully saturated rings. The Balaban J connectivity index is 1.92. The van der Waals surface area contributed by atoms with Gasteiger partial charge in [0.25, 0.3) is 0 Å². The molecular formula is C15H20ClNO4. The van der Waals surface area contributed by atoms with Crippen molar-refractivity contribution in [3.05, 3.63) is 0 Å². The Morgan fingerprint density at radius 2 is 2.00 bits per heavy atom. The zero-order valence-corrected chi connectivity index (χ0v) is 12.9. The minimum absolute atomic E-state index is 0.152. The molecule has 116 valence electrons. The second kappa shape index (κ2) is 4.97. The normalized spacial score (nSPS) is 39.2. The number of hydrogen-bond acceptors (Lipinski definition) is 4. The monoisotopic (exact) mass is 313 g/mol. The number of alkyl halides is 1. The molecule has 2 heterocycles. The Bertz CT molecular complexity index is 502. The molecule has 0 bridgehead atoms. The van der Waals surface area contributed by atoms with Crippen LogP contribution in [-0.2, 0) is 19.1 Å². The molecule has 0 unspecified atom stereocenters. The summed E-state index contributed by atoms with van der Waals surface area (Å²) < 4.78 is 5.30. The van der Waals surface area contributed by atoms with Crippen LogP contribution in [0.2, 0.25) is 0 Å². The topological polar surface area (TPSA) is 72.5 Å². The summed E-state index contributed by atoms with van der Waals surface area (Å²) in [6, 6.07) is 0. The van der Waals surface area contributed by atoms with Crippen molar-refractivity contribution in [2.45, 2.75) is 56.6 Å². The van der Waals surface area contributed by atoms with Gasteiger partial charge in [-0.2, -0.15) is 0 Å². The standard InChI is InChI=1S/C15H20ClNO4/c1-14-10(7-8-16)12(19)17-15(14,13(20)21-14)11(18)9-5-3-2-4-6-9/h9-10H,2-8H2,1H3,(H,17,19)/t10-,14-,15-/m0/s1. The smallest absolute Gasteiger partial charge is 0.344 e. The van der Waals surface area contributed by atoms with Crippen molar-refractivity contribution in [1.82, 2.24) is 5.32 Å². The van der Waals surface area contributed by atoms with E-state index in [2.05, 4.69) is 5.32 Å². The average molecular weight is 314 g/mol. The van der Waals surface area contributed by atoms with Crippen molar-refractivity contribution in [1.29, 1.82) is 0 Å². The van der Waals surface area contributed by atoms with E-state index in [1.807, 2.05) is 0 Å². The molecule has 1 saturated carbocycles. The van der Waals surface area contributed by atoms with Gasteiger partial charge in [0.2, 0.25) is 11.4 Å². The second-order valence-electron chi connectivity index (χ2n) is 6.47. The van der Waals surface area contributed by atoms with Crippen LogP contribution >= 0.6 is 11.6 Å². The third kappa shape index (κ3) is 1.79. The van der Waals surface area contributed by atoms with Crippen LogP contribution in [0.25, 0.3) is 0 Å². The van der Waals surface area contributed by atoms with Crippen LogP contribution in [-0.4, -0.2) is 34.7 Å². The number of ketones is 1. The fraction of sp³-hybridized carbons (Fsp3) is 0.800. The van der Waals surface area contributed by atoms with Crippen molar-refractivity contribution >= 4 is 29.3 Å². The number of ether oxygens (including phenoxy) is 1. The summed E-state index contributed by atoms with van der Waals surface area (Å²) in [5.74, 6) is -1.47. The zero-order valence-electron chi connectivity index (χ0n) is 12.1. The highest BCUT2D eigenvalue weighted by Gasteiger charge is 2.79. The Hall–Kier alpha value is -1.10. The van der Waals surface area contributed by atoms with E-state index in [4.69, 9.17) is 16.3 Å². The molecule has 0 radical (unpaired) electrons. The Morgan fingerprint density at radius 1 is 1.33 bits per heavy atom. The SMILES string of the molecule is C[C@@]12OC(=O)[C@]1(C(=O)C1CCCCC1)NC(=O)[C@@H]2CCCl. The van der Waals surface area contributed by atoms with Crippen molar-refractivity contribution in [3.63, 3.8) is 0 Å². The molecule has 6 heteroatoms. The summed E-state index contributed by atoms with van der Waals surface area (Å²) >= 11 is 5.75. The third-order valence-corrected chi connectivity index (χ3v) is 5.61. The zero-order chi connectivity index (χ0) is 15.3. The van der Waals surface area contributed by atoms with Crippen LogP contribution < -0.4 is 5.32 Å². The molecular weight excluding hydrogens is 294 g/mol. The molecule has 2 saturated heterocycles. The Labute approximate surface area is 128 Å². The lowest BCUT2D eigenvalue weighted by molar-refractivity contribution is -0.219. The van der Waals surface area contributed by atoms with Crippen molar-refractivity contribution in [3.8, 4) is 0 Å². The number of halogens is 1. The second-order valence-corrected chi connectivity index (χ2v) is 6.84. The first-order valence-electron chi connectivity index (χ1n) is 7.63. The predicted octanol–water partition coefficient (Wildman–Crippen LogP) is 1.56. The number of carbonyl (C=O) groups is 3. The van der Waals surface area contributed by atoms with E-state index in [9.17, 15) is 14.4 Å². The number of hydrogen-bond donors (Lipinski definition) is 1. The van der Waals surface area contributed by atoms with Crippen LogP contribution in [0.15, 0.2) is 0 Å². The summed E-state index contributed by atoms with van der Waals surface area (Å²) in [7, 11) is 0. The van der Waals surface area contributed by atoms with Gasteiger partial charge in [0.1, 0.15) is 0 Å². The summed E-state index contributed by atoms with van der Waals surface area (Å²) in [5, 5.41) is 2.67. The number of amides is 1. The quantitative estimate of drug-likeness (QED) is 0.486. The summed E-state index contributed by atoms with van der Waals surface area (Å²) in [4.78, 5) is 37.3. The predicted molar refractivity (Wildman–Crippen MR) is 75.8 cm³/mol. The van der Waals surface area contributed by atoms with Crippen LogP contribution in [0.5, 0.6) is 0 Å². The van der Waals surface area contributed by atoms with Crippen LogP contribution in [0.4, 0.5) is 0 Å². The molecule has 5 nitrogen and oxygen atoms in total. The maximum absolute atomic E-state index is 12.9. The van der Waals surface area contributed by atoms with Crippen LogP contribution in [0.3, 0.4) is 0 Å². The molecule has 0 aromatic heterocycles. The summed E-state index contributed by atoms with van der Waals surface area (Å²) in [6.45, 7) is 1.68. The van der Waals surface area contributed by atoms with Gasteiger partial charge in [-0.05, 0) is 26.2 Å². The van der Waals surface area contributed by atoms with E-state index >= 15 is 0 Å². The van der Waals surface area contributed by atoms with E-state index in [1.54, 1.807) is 6.92 Å². The van der Waals surface area contributed by atoms with E-state index in [0.29, 0.717) is 12.3 Å². The molecule has 1 amide bonds. The Morgan fingerprint density at radius 3 is 2.57 bits per heavy atom. The number of nitrogens with one attached hydrogen (secondary N) is 1. The van der Waals surface area contributed by atoms with Gasteiger partial charge in [-0.3, -0.25) is 9.59 Å². The van der Waals surface area contributed by atoms with E-state index in [1.165, 1.54) is 0 Å². The number of esters is 1. The largest absolute Gasteiger partial charge is 0.453 e. The number of carbonyl (C=O) groups excluding carboxylic acids is 3. The van der Waals surface area contributed by atoms with Crippen LogP contribution in [0.1, 0.15) is 45.4 Å². The highest BCUT2D eigenvalue weighted by molar-refractivity contribution is 6.20. The van der Waals surface area contributed by atoms with Gasteiger partial charge < -0.3 is 10.1 Å². The highest BCUT2D eigenvalue weighted by atomic mass is 35.5. The lowest BCUT2D eigenvalue weighted by atomic mass is 9.65. The molecule has 3 rings (SSSR count). The first-order chi connectivity index (χ1) is 9.97. The van der Waals surface area contributed by atoms with Gasteiger partial charge in [0.15, 0.2) is 11.4 Å². The van der Waals surface area contributed by atoms with E-state index in [0.717, 1.165) is 32.1 Å². The van der Waals surface area contributed by atoms with E-state index < -0.39 is 23.0 Å². The van der Waals surface area contributed by atoms with Gasteiger partial charge >= 0.3 is 5.97 Å². The fourth-order valence-electron chi connectivity index (χ4n) is 4.13. The molecule has 3 atom stereocenters. The highest BCUT2D eigenvalue weighted by Crippen LogP contribution is 2.52. The first kappa shape index (κ1) is 14.8. The van der Waals surface area contributed by atoms with Gasteiger partial charge in [0, 0.05) is 11.8 Å². The lowest BCUT2D eigenvalue weighted by Gasteiger charge is -2.51. The van der Waals surface area contributed by atoms with Gasteiger partial charge in [-0.25, -0.2) is 4.79 Å². The van der Waals surface area contributed by atoms with Crippen molar-refractivity contribution in [2.75, 3.05) is 5.88 Å². The molecule has 3 aliphatic rings. The third-order valence-electron chi connectivity index (χ3n) is 5.39. The molecule has 0 aromatic carbocycles. The number of fused-ring (bicyclic) bond motifs is 1. The number of Topliss-reactive ketones (excluding diaryl/α,β-unsaturated/α-hetero) is 1. The van der Waals surface area contributed by atoms with Gasteiger partial charge in [-0.1, -0.05) is 19.3 Å². The summed E-state index contributed by atoms with van der Waals surface area (Å²) in [5.41, 5.74) is -2.55. The fourth-order valence-corrected chi connectivity index (χ4v) is 4.34. The molecule has 0 spiro atoms. The minimum Gasteiger partial charge on any atom is -0.453 e. The van der Waals surface area contributed by atoms with Gasteiger partial charge in [0.05, 0.1) is 5.92 Å². The molecule has 1 N–H and O–H groups in total. The van der Waals surface area contributed by atoms with E-state index in [-0.39, 0.29) is 17.6 Å². The van der Waals surface area contributed by atoms with Crippen molar-refractivity contribution in [2.24, 2.45) is 11.8 Å². The first-order valence-corrected chi connectivity index (χ1v) is 8.16. The number of rotatable bonds is 4. The average Bonchev–Trinajstić information content (AvgIpc) is 2.65. The van der Waals surface area contributed by atoms with Crippen LogP contribution in [0, 0.1) is 11.8 Å².